The van der Waals surface area contributed by atoms with Crippen LogP contribution >= 0.6 is 0 Å². The van der Waals surface area contributed by atoms with Crippen molar-refractivity contribution in [2.24, 2.45) is 11.5 Å². The summed E-state index contributed by atoms with van der Waals surface area (Å²) in [6.07, 6.45) is -2.33. The van der Waals surface area contributed by atoms with Gasteiger partial charge in [0.05, 0.1) is 25.4 Å². The Hall–Kier alpha value is -2.00. The van der Waals surface area contributed by atoms with E-state index in [1.807, 2.05) is 0 Å². The van der Waals surface area contributed by atoms with E-state index in [2.05, 4.69) is 0 Å². The van der Waals surface area contributed by atoms with Crippen LogP contribution in [0.3, 0.4) is 0 Å². The number of hydrogen-bond donors (Lipinski definition) is 6. The van der Waals surface area contributed by atoms with E-state index in [0.717, 1.165) is 0 Å². The van der Waals surface area contributed by atoms with Gasteiger partial charge in [-0.2, -0.15) is 0 Å². The second-order valence-electron chi connectivity index (χ2n) is 4.98. The lowest BCUT2D eigenvalue weighted by atomic mass is 9.91. The van der Waals surface area contributed by atoms with Gasteiger partial charge in [-0.25, -0.2) is 0 Å². The maximum Gasteiger partial charge on any atom is 0.249 e. The Morgan fingerprint density at radius 2 is 1.23 bits per heavy atom. The largest absolute Gasteiger partial charge is 0.394 e. The standard InChI is InChI=1S/C14H20N2O6/c15-13(21)11-4-12(14(16)22)8(3-10(20)6-18)1-7(11)2-9(19)5-17/h1,4,9-10,17-20H,2-3,5-6H2,(H2,15,21)(H2,16,22). The number of primary amides is 2. The van der Waals surface area contributed by atoms with Gasteiger partial charge >= 0.3 is 0 Å². The lowest BCUT2D eigenvalue weighted by molar-refractivity contribution is 0.0928. The molecular formula is C14H20N2O6. The van der Waals surface area contributed by atoms with Crippen LogP contribution in [-0.2, 0) is 12.8 Å². The molecule has 0 spiro atoms. The Balaban J connectivity index is 3.37. The van der Waals surface area contributed by atoms with Gasteiger partial charge in [-0.05, 0) is 17.2 Å². The molecule has 122 valence electrons. The van der Waals surface area contributed by atoms with Gasteiger partial charge < -0.3 is 31.9 Å². The third-order valence-corrected chi connectivity index (χ3v) is 3.19. The fraction of sp³-hybridized carbons (Fsp3) is 0.429. The Labute approximate surface area is 127 Å². The molecule has 22 heavy (non-hydrogen) atoms. The van der Waals surface area contributed by atoms with Gasteiger partial charge in [0.15, 0.2) is 0 Å². The molecule has 0 aliphatic rings. The van der Waals surface area contributed by atoms with Crippen molar-refractivity contribution >= 4 is 11.8 Å². The highest BCUT2D eigenvalue weighted by molar-refractivity contribution is 6.00. The number of carbonyl (C=O) groups excluding carboxylic acids is 2. The first-order valence-electron chi connectivity index (χ1n) is 6.63. The molecule has 0 saturated heterocycles. The Morgan fingerprint density at radius 1 is 0.864 bits per heavy atom. The minimum atomic E-state index is -1.10. The lowest BCUT2D eigenvalue weighted by Crippen LogP contribution is -2.24. The topological polar surface area (TPSA) is 167 Å². The highest BCUT2D eigenvalue weighted by Crippen LogP contribution is 2.20. The molecule has 0 aliphatic heterocycles. The zero-order valence-electron chi connectivity index (χ0n) is 11.9. The third kappa shape index (κ3) is 4.50. The zero-order valence-corrected chi connectivity index (χ0v) is 11.9. The van der Waals surface area contributed by atoms with Gasteiger partial charge in [0, 0.05) is 24.0 Å². The summed E-state index contributed by atoms with van der Waals surface area (Å²) in [4.78, 5) is 23.0. The Morgan fingerprint density at radius 3 is 1.50 bits per heavy atom. The summed E-state index contributed by atoms with van der Waals surface area (Å²) in [6, 6.07) is 2.61. The van der Waals surface area contributed by atoms with Crippen molar-refractivity contribution in [3.8, 4) is 0 Å². The smallest absolute Gasteiger partial charge is 0.249 e. The van der Waals surface area contributed by atoms with E-state index in [1.54, 1.807) is 0 Å². The van der Waals surface area contributed by atoms with E-state index in [9.17, 15) is 19.8 Å². The first-order chi connectivity index (χ1) is 10.3. The average Bonchev–Trinajstić information content (AvgIpc) is 2.46. The summed E-state index contributed by atoms with van der Waals surface area (Å²) in [5.41, 5.74) is 11.2. The van der Waals surface area contributed by atoms with Crippen LogP contribution in [0, 0.1) is 0 Å². The molecule has 0 radical (unpaired) electrons. The predicted octanol–water partition coefficient (Wildman–Crippen LogP) is -2.32. The average molecular weight is 312 g/mol. The van der Waals surface area contributed by atoms with Gasteiger partial charge in [-0.1, -0.05) is 6.07 Å². The van der Waals surface area contributed by atoms with Gasteiger partial charge in [-0.15, -0.1) is 0 Å². The second kappa shape index (κ2) is 7.85. The molecule has 2 amide bonds. The number of rotatable bonds is 8. The minimum absolute atomic E-state index is 0.00328. The summed E-state index contributed by atoms with van der Waals surface area (Å²) in [5.74, 6) is -1.62. The lowest BCUT2D eigenvalue weighted by Gasteiger charge is -2.16. The maximum atomic E-state index is 11.5. The van der Waals surface area contributed by atoms with Crippen LogP contribution < -0.4 is 11.5 Å². The fourth-order valence-electron chi connectivity index (χ4n) is 2.13. The van der Waals surface area contributed by atoms with Crippen molar-refractivity contribution in [3.63, 3.8) is 0 Å². The van der Waals surface area contributed by atoms with Gasteiger partial charge in [0.1, 0.15) is 0 Å². The van der Waals surface area contributed by atoms with Crippen LogP contribution in [-0.4, -0.2) is 57.7 Å². The van der Waals surface area contributed by atoms with Crippen LogP contribution in [0.1, 0.15) is 31.8 Å². The van der Waals surface area contributed by atoms with Crippen molar-refractivity contribution < 1.29 is 30.0 Å². The Kier molecular flexibility index (Phi) is 6.44. The molecule has 0 fully saturated rings. The maximum absolute atomic E-state index is 11.5. The van der Waals surface area contributed by atoms with Gasteiger partial charge in [-0.3, -0.25) is 9.59 Å². The summed E-state index contributed by atoms with van der Waals surface area (Å²) < 4.78 is 0. The van der Waals surface area contributed by atoms with Crippen molar-refractivity contribution in [2.75, 3.05) is 13.2 Å². The minimum Gasteiger partial charge on any atom is -0.394 e. The third-order valence-electron chi connectivity index (χ3n) is 3.19. The Bertz CT molecular complexity index is 515. The van der Waals surface area contributed by atoms with Crippen molar-refractivity contribution in [3.05, 3.63) is 34.4 Å². The quantitative estimate of drug-likeness (QED) is 0.315. The molecule has 1 aromatic rings. The molecule has 0 saturated carbocycles. The number of nitrogens with two attached hydrogens (primary N) is 2. The highest BCUT2D eigenvalue weighted by atomic mass is 16.3. The van der Waals surface area contributed by atoms with E-state index >= 15 is 0 Å². The highest BCUT2D eigenvalue weighted by Gasteiger charge is 2.20. The van der Waals surface area contributed by atoms with E-state index in [1.165, 1.54) is 12.1 Å². The number of amides is 2. The predicted molar refractivity (Wildman–Crippen MR) is 77.1 cm³/mol. The van der Waals surface area contributed by atoms with Crippen LogP contribution in [0.25, 0.3) is 0 Å². The molecule has 2 unspecified atom stereocenters. The van der Waals surface area contributed by atoms with Crippen molar-refractivity contribution in [1.82, 2.24) is 0 Å². The fourth-order valence-corrected chi connectivity index (χ4v) is 2.13. The molecular weight excluding hydrogens is 292 g/mol. The summed E-state index contributed by atoms with van der Waals surface area (Å²) in [6.45, 7) is -1.02. The van der Waals surface area contributed by atoms with E-state index in [0.29, 0.717) is 11.1 Å². The molecule has 0 aliphatic carbocycles. The summed E-state index contributed by atoms with van der Waals surface area (Å²) in [7, 11) is 0. The van der Waals surface area contributed by atoms with Gasteiger partial charge in [0.2, 0.25) is 11.8 Å². The first kappa shape index (κ1) is 18.1. The van der Waals surface area contributed by atoms with E-state index in [4.69, 9.17) is 21.7 Å². The first-order valence-corrected chi connectivity index (χ1v) is 6.63. The number of carbonyl (C=O) groups is 2. The number of hydrogen-bond acceptors (Lipinski definition) is 6. The van der Waals surface area contributed by atoms with Crippen LogP contribution in [0.15, 0.2) is 12.1 Å². The number of aliphatic hydroxyl groups excluding tert-OH is 4. The van der Waals surface area contributed by atoms with Crippen LogP contribution in [0.2, 0.25) is 0 Å². The normalized spacial score (nSPS) is 13.6. The zero-order chi connectivity index (χ0) is 16.9. The molecule has 1 rings (SSSR count). The SMILES string of the molecule is NC(=O)c1cc(C(N)=O)c(CC(O)CO)cc1CC(O)CO. The van der Waals surface area contributed by atoms with Gasteiger partial charge in [0.25, 0.3) is 0 Å². The van der Waals surface area contributed by atoms with Crippen LogP contribution in [0.5, 0.6) is 0 Å². The van der Waals surface area contributed by atoms with Crippen LogP contribution in [0.4, 0.5) is 0 Å². The number of benzene rings is 1. The van der Waals surface area contributed by atoms with Crippen molar-refractivity contribution in [1.29, 1.82) is 0 Å². The summed E-state index contributed by atoms with van der Waals surface area (Å²) >= 11 is 0. The molecule has 0 heterocycles. The molecule has 8 N–H and O–H groups in total. The van der Waals surface area contributed by atoms with E-state index in [-0.39, 0.29) is 24.0 Å². The molecule has 1 aromatic carbocycles. The molecule has 0 aromatic heterocycles. The molecule has 8 nitrogen and oxygen atoms in total. The molecule has 8 heteroatoms. The monoisotopic (exact) mass is 312 g/mol. The van der Waals surface area contributed by atoms with Crippen molar-refractivity contribution in [2.45, 2.75) is 25.0 Å². The molecule has 2 atom stereocenters. The number of aliphatic hydroxyl groups is 4. The molecule has 0 bridgehead atoms. The van der Waals surface area contributed by atoms with E-state index < -0.39 is 37.2 Å². The summed E-state index contributed by atoms with van der Waals surface area (Å²) in [5, 5.41) is 36.9. The second-order valence-corrected chi connectivity index (χ2v) is 4.98.